The van der Waals surface area contributed by atoms with Crippen LogP contribution in [0, 0.1) is 0 Å². The number of fused-ring (bicyclic) bond motifs is 2. The molecule has 3 aromatic rings. The molecule has 0 spiro atoms. The Morgan fingerprint density at radius 1 is 1.28 bits per heavy atom. The highest BCUT2D eigenvalue weighted by molar-refractivity contribution is 9.10. The number of hydrogen-bond donors (Lipinski definition) is 1. The zero-order valence-corrected chi connectivity index (χ0v) is 15.0. The van der Waals surface area contributed by atoms with Gasteiger partial charge in [0.15, 0.2) is 11.3 Å². The van der Waals surface area contributed by atoms with Crippen LogP contribution in [0.25, 0.3) is 5.65 Å². The van der Waals surface area contributed by atoms with Gasteiger partial charge >= 0.3 is 0 Å². The van der Waals surface area contributed by atoms with Crippen molar-refractivity contribution in [2.24, 2.45) is 0 Å². The molecular formula is C16H15BrN6O2. The lowest BCUT2D eigenvalue weighted by molar-refractivity contribution is 0.0703. The molecule has 128 valence electrons. The van der Waals surface area contributed by atoms with Crippen LogP contribution in [-0.4, -0.2) is 49.5 Å². The summed E-state index contributed by atoms with van der Waals surface area (Å²) in [6, 6.07) is 5.35. The van der Waals surface area contributed by atoms with Crippen LogP contribution in [0.2, 0.25) is 0 Å². The standard InChI is InChI=1S/C16H15BrN6O2/c1-18-15(24)13-3-2-11-9-21(4-5-22(11)13)16(25)12-6-14-19-7-10(17)8-23(14)20-12/h2-3,6-8H,4-5,9H2,1H3,(H,18,24). The lowest BCUT2D eigenvalue weighted by Crippen LogP contribution is -2.39. The van der Waals surface area contributed by atoms with Gasteiger partial charge in [-0.15, -0.1) is 0 Å². The number of amides is 2. The third-order valence-corrected chi connectivity index (χ3v) is 4.67. The number of carbonyl (C=O) groups excluding carboxylic acids is 2. The van der Waals surface area contributed by atoms with Crippen LogP contribution in [0.15, 0.2) is 35.1 Å². The SMILES string of the molecule is CNC(=O)c1ccc2n1CCN(C(=O)c1cc3ncc(Br)cn3n1)C2. The largest absolute Gasteiger partial charge is 0.354 e. The Hall–Kier alpha value is -2.68. The van der Waals surface area contributed by atoms with Crippen molar-refractivity contribution >= 4 is 33.4 Å². The number of nitrogens with one attached hydrogen (secondary N) is 1. The normalized spacial score (nSPS) is 13.8. The van der Waals surface area contributed by atoms with Crippen LogP contribution >= 0.6 is 15.9 Å². The van der Waals surface area contributed by atoms with Crippen molar-refractivity contribution in [2.75, 3.05) is 13.6 Å². The maximum absolute atomic E-state index is 12.8. The minimum absolute atomic E-state index is 0.122. The molecule has 8 nitrogen and oxygen atoms in total. The molecule has 1 aliphatic rings. The van der Waals surface area contributed by atoms with Gasteiger partial charge in [0.1, 0.15) is 5.69 Å². The monoisotopic (exact) mass is 402 g/mol. The number of halogens is 1. The van der Waals surface area contributed by atoms with Gasteiger partial charge in [0.05, 0.1) is 11.0 Å². The van der Waals surface area contributed by atoms with Gasteiger partial charge in [0, 0.05) is 44.3 Å². The summed E-state index contributed by atoms with van der Waals surface area (Å²) in [5, 5.41) is 6.95. The second kappa shape index (κ2) is 5.99. The average molecular weight is 403 g/mol. The molecule has 2 amide bonds. The fourth-order valence-corrected chi connectivity index (χ4v) is 3.32. The number of hydrogen-bond acceptors (Lipinski definition) is 4. The smallest absolute Gasteiger partial charge is 0.274 e. The molecule has 0 radical (unpaired) electrons. The first-order valence-electron chi connectivity index (χ1n) is 7.77. The fourth-order valence-electron chi connectivity index (χ4n) is 3.03. The van der Waals surface area contributed by atoms with Crippen LogP contribution in [0.4, 0.5) is 0 Å². The van der Waals surface area contributed by atoms with Crippen LogP contribution < -0.4 is 5.32 Å². The highest BCUT2D eigenvalue weighted by Gasteiger charge is 2.26. The van der Waals surface area contributed by atoms with Gasteiger partial charge in [0.25, 0.3) is 11.8 Å². The van der Waals surface area contributed by atoms with Crippen molar-refractivity contribution in [2.45, 2.75) is 13.1 Å². The summed E-state index contributed by atoms with van der Waals surface area (Å²) in [6.07, 6.45) is 3.43. The minimum atomic E-state index is -0.143. The van der Waals surface area contributed by atoms with E-state index in [4.69, 9.17) is 0 Å². The zero-order valence-electron chi connectivity index (χ0n) is 13.4. The van der Waals surface area contributed by atoms with Gasteiger partial charge in [-0.3, -0.25) is 9.59 Å². The summed E-state index contributed by atoms with van der Waals surface area (Å²) in [4.78, 5) is 30.6. The van der Waals surface area contributed by atoms with Gasteiger partial charge in [-0.2, -0.15) is 5.10 Å². The number of nitrogens with zero attached hydrogens (tertiary/aromatic N) is 5. The van der Waals surface area contributed by atoms with Crippen LogP contribution in [0.1, 0.15) is 26.7 Å². The number of rotatable bonds is 2. The van der Waals surface area contributed by atoms with Crippen molar-refractivity contribution in [1.29, 1.82) is 0 Å². The maximum atomic E-state index is 12.8. The molecule has 0 fully saturated rings. The second-order valence-corrected chi connectivity index (χ2v) is 6.69. The molecule has 0 aliphatic carbocycles. The first-order valence-corrected chi connectivity index (χ1v) is 8.57. The minimum Gasteiger partial charge on any atom is -0.354 e. The lowest BCUT2D eigenvalue weighted by Gasteiger charge is -2.28. The van der Waals surface area contributed by atoms with E-state index in [2.05, 4.69) is 31.3 Å². The summed E-state index contributed by atoms with van der Waals surface area (Å²) in [6.45, 7) is 1.55. The van der Waals surface area contributed by atoms with Crippen molar-refractivity contribution in [3.05, 3.63) is 52.1 Å². The van der Waals surface area contributed by atoms with Gasteiger partial charge in [-0.25, -0.2) is 9.50 Å². The average Bonchev–Trinajstić information content (AvgIpc) is 3.23. The summed E-state index contributed by atoms with van der Waals surface area (Å²) in [5.41, 5.74) is 2.53. The quantitative estimate of drug-likeness (QED) is 0.700. The highest BCUT2D eigenvalue weighted by atomic mass is 79.9. The summed E-state index contributed by atoms with van der Waals surface area (Å²) >= 11 is 3.34. The Balaban J connectivity index is 1.59. The lowest BCUT2D eigenvalue weighted by atomic mass is 10.2. The van der Waals surface area contributed by atoms with Crippen molar-refractivity contribution < 1.29 is 9.59 Å². The molecule has 1 aliphatic heterocycles. The second-order valence-electron chi connectivity index (χ2n) is 5.77. The molecule has 0 saturated heterocycles. The molecule has 4 rings (SSSR count). The summed E-state index contributed by atoms with van der Waals surface area (Å²) < 4.78 is 4.32. The molecule has 0 aromatic carbocycles. The first-order chi connectivity index (χ1) is 12.1. The van der Waals surface area contributed by atoms with Gasteiger partial charge in [-0.1, -0.05) is 0 Å². The molecule has 4 heterocycles. The molecule has 0 atom stereocenters. The van der Waals surface area contributed by atoms with Gasteiger partial charge in [0.2, 0.25) is 0 Å². The van der Waals surface area contributed by atoms with Gasteiger partial charge in [-0.05, 0) is 28.1 Å². The topological polar surface area (TPSA) is 84.5 Å². The summed E-state index contributed by atoms with van der Waals surface area (Å²) in [7, 11) is 1.61. The highest BCUT2D eigenvalue weighted by Crippen LogP contribution is 2.19. The third kappa shape index (κ3) is 2.70. The van der Waals surface area contributed by atoms with Crippen LogP contribution in [-0.2, 0) is 13.1 Å². The molecule has 9 heteroatoms. The van der Waals surface area contributed by atoms with E-state index in [1.807, 2.05) is 10.6 Å². The Bertz CT molecular complexity index is 992. The van der Waals surface area contributed by atoms with Gasteiger partial charge < -0.3 is 14.8 Å². The Morgan fingerprint density at radius 2 is 2.12 bits per heavy atom. The molecule has 0 unspecified atom stereocenters. The molecule has 0 bridgehead atoms. The van der Waals surface area contributed by atoms with E-state index >= 15 is 0 Å². The summed E-state index contributed by atoms with van der Waals surface area (Å²) in [5.74, 6) is -0.265. The molecular weight excluding hydrogens is 388 g/mol. The van der Waals surface area contributed by atoms with Crippen LogP contribution in [0.5, 0.6) is 0 Å². The molecule has 25 heavy (non-hydrogen) atoms. The fraction of sp³-hybridized carbons (Fsp3) is 0.250. The number of aromatic nitrogens is 4. The third-order valence-electron chi connectivity index (χ3n) is 4.27. The van der Waals surface area contributed by atoms with E-state index in [9.17, 15) is 9.59 Å². The van der Waals surface area contributed by atoms with Crippen molar-refractivity contribution in [3.63, 3.8) is 0 Å². The number of carbonyl (C=O) groups is 2. The Kier molecular flexibility index (Phi) is 3.79. The van der Waals surface area contributed by atoms with E-state index in [-0.39, 0.29) is 11.8 Å². The molecule has 3 aromatic heterocycles. The van der Waals surface area contributed by atoms with E-state index in [0.717, 1.165) is 10.2 Å². The Morgan fingerprint density at radius 3 is 2.92 bits per heavy atom. The van der Waals surface area contributed by atoms with Crippen molar-refractivity contribution in [3.8, 4) is 0 Å². The van der Waals surface area contributed by atoms with E-state index in [0.29, 0.717) is 36.7 Å². The zero-order chi connectivity index (χ0) is 17.6. The van der Waals surface area contributed by atoms with E-state index in [1.54, 1.807) is 41.0 Å². The van der Waals surface area contributed by atoms with E-state index in [1.165, 1.54) is 0 Å². The Labute approximate surface area is 151 Å². The first kappa shape index (κ1) is 15.8. The predicted octanol–water partition coefficient (Wildman–Crippen LogP) is 1.31. The molecule has 0 saturated carbocycles. The van der Waals surface area contributed by atoms with Crippen molar-refractivity contribution in [1.82, 2.24) is 29.4 Å². The predicted molar refractivity (Wildman–Crippen MR) is 93.2 cm³/mol. The molecule has 1 N–H and O–H groups in total. The van der Waals surface area contributed by atoms with Crippen LogP contribution in [0.3, 0.4) is 0 Å². The maximum Gasteiger partial charge on any atom is 0.274 e. The van der Waals surface area contributed by atoms with E-state index < -0.39 is 0 Å².